The number of benzene rings is 2. The molecule has 0 aromatic heterocycles. The van der Waals surface area contributed by atoms with Crippen molar-refractivity contribution in [3.8, 4) is 0 Å². The Kier molecular flexibility index (Phi) is 6.17. The van der Waals surface area contributed by atoms with Crippen molar-refractivity contribution >= 4 is 35.0 Å². The fourth-order valence-corrected chi connectivity index (χ4v) is 2.46. The highest BCUT2D eigenvalue weighted by Crippen LogP contribution is 2.15. The van der Waals surface area contributed by atoms with Crippen molar-refractivity contribution in [1.29, 1.82) is 0 Å². The number of carbonyl (C=O) groups excluding carboxylic acids is 2. The van der Waals surface area contributed by atoms with Crippen molar-refractivity contribution in [2.24, 2.45) is 0 Å². The van der Waals surface area contributed by atoms with E-state index in [1.807, 2.05) is 18.2 Å². The second-order valence-electron chi connectivity index (χ2n) is 4.86. The Balaban J connectivity index is 1.76. The quantitative estimate of drug-likeness (QED) is 0.851. The Morgan fingerprint density at radius 1 is 1.00 bits per heavy atom. The third kappa shape index (κ3) is 5.75. The van der Waals surface area contributed by atoms with Crippen LogP contribution >= 0.6 is 11.8 Å². The van der Waals surface area contributed by atoms with Crippen LogP contribution in [0.3, 0.4) is 0 Å². The Hall–Kier alpha value is -2.34. The summed E-state index contributed by atoms with van der Waals surface area (Å²) in [6, 6.07) is 14.7. The molecule has 0 heterocycles. The Labute approximate surface area is 138 Å². The molecule has 0 aliphatic rings. The minimum Gasteiger partial charge on any atom is -0.325 e. The van der Waals surface area contributed by atoms with Crippen LogP contribution in [-0.4, -0.2) is 22.8 Å². The fraction of sp³-hybridized carbons (Fsp3) is 0.176. The zero-order chi connectivity index (χ0) is 16.7. The van der Waals surface area contributed by atoms with Crippen molar-refractivity contribution in [2.75, 3.05) is 16.4 Å². The molecule has 0 saturated carbocycles. The molecule has 2 amide bonds. The molecule has 0 fully saturated rings. The van der Waals surface area contributed by atoms with Crippen LogP contribution in [0.25, 0.3) is 0 Å². The van der Waals surface area contributed by atoms with E-state index in [2.05, 4.69) is 10.6 Å². The summed E-state index contributed by atoms with van der Waals surface area (Å²) in [5, 5.41) is 5.08. The number of nitrogens with one attached hydrogen (secondary N) is 2. The summed E-state index contributed by atoms with van der Waals surface area (Å²) in [5.41, 5.74) is 1.25. The number of rotatable bonds is 6. The first-order valence-electron chi connectivity index (χ1n) is 7.07. The van der Waals surface area contributed by atoms with Gasteiger partial charge in [0.1, 0.15) is 5.82 Å². The Morgan fingerprint density at radius 3 is 2.26 bits per heavy atom. The van der Waals surface area contributed by atoms with Crippen molar-refractivity contribution in [1.82, 2.24) is 0 Å². The number of carbonyl (C=O) groups is 2. The van der Waals surface area contributed by atoms with Gasteiger partial charge < -0.3 is 10.6 Å². The van der Waals surface area contributed by atoms with E-state index < -0.39 is 0 Å². The maximum Gasteiger partial charge on any atom is 0.237 e. The van der Waals surface area contributed by atoms with E-state index in [9.17, 15) is 14.0 Å². The van der Waals surface area contributed by atoms with Crippen LogP contribution < -0.4 is 10.6 Å². The lowest BCUT2D eigenvalue weighted by molar-refractivity contribution is -0.115. The smallest absolute Gasteiger partial charge is 0.237 e. The first-order valence-corrected chi connectivity index (χ1v) is 8.12. The van der Waals surface area contributed by atoms with E-state index in [1.54, 1.807) is 19.1 Å². The molecule has 0 bridgehead atoms. The highest BCUT2D eigenvalue weighted by molar-refractivity contribution is 8.01. The molecule has 2 rings (SSSR count). The van der Waals surface area contributed by atoms with Crippen LogP contribution in [-0.2, 0) is 9.59 Å². The maximum absolute atomic E-state index is 12.8. The van der Waals surface area contributed by atoms with Crippen LogP contribution in [0.4, 0.5) is 15.8 Å². The number of thioether (sulfide) groups is 1. The third-order valence-corrected chi connectivity index (χ3v) is 4.15. The van der Waals surface area contributed by atoms with Crippen molar-refractivity contribution < 1.29 is 14.0 Å². The van der Waals surface area contributed by atoms with Gasteiger partial charge in [0.15, 0.2) is 0 Å². The van der Waals surface area contributed by atoms with Crippen molar-refractivity contribution in [3.63, 3.8) is 0 Å². The molecule has 2 aromatic carbocycles. The van der Waals surface area contributed by atoms with Gasteiger partial charge in [-0.15, -0.1) is 11.8 Å². The van der Waals surface area contributed by atoms with Crippen molar-refractivity contribution in [2.45, 2.75) is 12.2 Å². The summed E-state index contributed by atoms with van der Waals surface area (Å²) in [5.74, 6) is -0.610. The van der Waals surface area contributed by atoms with Crippen molar-refractivity contribution in [3.05, 3.63) is 60.4 Å². The first-order chi connectivity index (χ1) is 11.0. The zero-order valence-corrected chi connectivity index (χ0v) is 13.4. The topological polar surface area (TPSA) is 58.2 Å². The van der Waals surface area contributed by atoms with Gasteiger partial charge in [0.25, 0.3) is 0 Å². The van der Waals surface area contributed by atoms with E-state index in [4.69, 9.17) is 0 Å². The number of amides is 2. The van der Waals surface area contributed by atoms with Gasteiger partial charge in [-0.1, -0.05) is 18.2 Å². The van der Waals surface area contributed by atoms with Crippen LogP contribution in [0.1, 0.15) is 6.92 Å². The second kappa shape index (κ2) is 8.33. The van der Waals surface area contributed by atoms with Crippen LogP contribution in [0.2, 0.25) is 0 Å². The summed E-state index contributed by atoms with van der Waals surface area (Å²) in [6.45, 7) is 1.74. The first kappa shape index (κ1) is 17.0. The summed E-state index contributed by atoms with van der Waals surface area (Å²) < 4.78 is 12.8. The molecule has 1 unspecified atom stereocenters. The average Bonchev–Trinajstić information content (AvgIpc) is 2.55. The van der Waals surface area contributed by atoms with Gasteiger partial charge >= 0.3 is 0 Å². The normalized spacial score (nSPS) is 11.6. The van der Waals surface area contributed by atoms with Gasteiger partial charge in [-0.2, -0.15) is 0 Å². The minimum absolute atomic E-state index is 0.140. The predicted octanol–water partition coefficient (Wildman–Crippen LogP) is 3.52. The molecule has 4 nitrogen and oxygen atoms in total. The highest BCUT2D eigenvalue weighted by Gasteiger charge is 2.15. The average molecular weight is 332 g/mol. The number of halogens is 1. The predicted molar refractivity (Wildman–Crippen MR) is 92.0 cm³/mol. The van der Waals surface area contributed by atoms with Gasteiger partial charge in [0, 0.05) is 11.4 Å². The second-order valence-corrected chi connectivity index (χ2v) is 6.19. The summed E-state index contributed by atoms with van der Waals surface area (Å²) in [4.78, 5) is 23.8. The molecule has 0 saturated heterocycles. The largest absolute Gasteiger partial charge is 0.325 e. The SMILES string of the molecule is CC(SCC(=O)Nc1ccc(F)cc1)C(=O)Nc1ccccc1. The zero-order valence-electron chi connectivity index (χ0n) is 12.6. The molecule has 0 spiro atoms. The van der Waals surface area contributed by atoms with E-state index in [-0.39, 0.29) is 28.6 Å². The lowest BCUT2D eigenvalue weighted by atomic mass is 10.3. The van der Waals surface area contributed by atoms with E-state index in [0.29, 0.717) is 5.69 Å². The standard InChI is InChI=1S/C17H17FN2O2S/c1-12(17(22)20-14-5-3-2-4-6-14)23-11-16(21)19-15-9-7-13(18)8-10-15/h2-10,12H,11H2,1H3,(H,19,21)(H,20,22). The Morgan fingerprint density at radius 2 is 1.61 bits per heavy atom. The molecule has 120 valence electrons. The van der Waals surface area contributed by atoms with Gasteiger partial charge in [-0.25, -0.2) is 4.39 Å². The maximum atomic E-state index is 12.8. The van der Waals surface area contributed by atoms with E-state index >= 15 is 0 Å². The van der Waals surface area contributed by atoms with Crippen LogP contribution in [0, 0.1) is 5.82 Å². The number of hydrogen-bond acceptors (Lipinski definition) is 3. The number of para-hydroxylation sites is 1. The van der Waals surface area contributed by atoms with Gasteiger partial charge in [0.2, 0.25) is 11.8 Å². The lowest BCUT2D eigenvalue weighted by Crippen LogP contribution is -2.25. The molecule has 2 aromatic rings. The number of hydrogen-bond donors (Lipinski definition) is 2. The third-order valence-electron chi connectivity index (χ3n) is 3.00. The molecule has 23 heavy (non-hydrogen) atoms. The molecule has 2 N–H and O–H groups in total. The fourth-order valence-electron chi connectivity index (χ4n) is 1.77. The van der Waals surface area contributed by atoms with E-state index in [0.717, 1.165) is 5.69 Å². The van der Waals surface area contributed by atoms with Gasteiger partial charge in [0.05, 0.1) is 11.0 Å². The lowest BCUT2D eigenvalue weighted by Gasteiger charge is -2.12. The molecule has 0 radical (unpaired) electrons. The molecular weight excluding hydrogens is 315 g/mol. The van der Waals surface area contributed by atoms with Gasteiger partial charge in [-0.05, 0) is 43.3 Å². The van der Waals surface area contributed by atoms with Crippen LogP contribution in [0.15, 0.2) is 54.6 Å². The summed E-state index contributed by atoms with van der Waals surface area (Å²) >= 11 is 1.24. The van der Waals surface area contributed by atoms with E-state index in [1.165, 1.54) is 36.0 Å². The summed E-state index contributed by atoms with van der Waals surface area (Å²) in [6.07, 6.45) is 0. The molecule has 6 heteroatoms. The molecule has 0 aliphatic carbocycles. The number of anilines is 2. The Bertz CT molecular complexity index is 662. The highest BCUT2D eigenvalue weighted by atomic mass is 32.2. The molecule has 0 aliphatic heterocycles. The minimum atomic E-state index is -0.367. The monoisotopic (exact) mass is 332 g/mol. The summed E-state index contributed by atoms with van der Waals surface area (Å²) in [7, 11) is 0. The van der Waals surface area contributed by atoms with Gasteiger partial charge in [-0.3, -0.25) is 9.59 Å². The molecular formula is C17H17FN2O2S. The van der Waals surface area contributed by atoms with Crippen LogP contribution in [0.5, 0.6) is 0 Å². The molecule has 1 atom stereocenters.